The molecule has 3 N–H and O–H groups in total. The lowest BCUT2D eigenvalue weighted by atomic mass is 9.74. The van der Waals surface area contributed by atoms with E-state index in [1.807, 2.05) is 0 Å². The zero-order valence-corrected chi connectivity index (χ0v) is 13.6. The molecule has 116 valence electrons. The van der Waals surface area contributed by atoms with Crippen LogP contribution in [-0.4, -0.2) is 39.5 Å². The van der Waals surface area contributed by atoms with Gasteiger partial charge in [0.2, 0.25) is 10.0 Å². The molecule has 19 heavy (non-hydrogen) atoms. The van der Waals surface area contributed by atoms with Gasteiger partial charge in [-0.25, -0.2) is 13.1 Å². The van der Waals surface area contributed by atoms with E-state index < -0.39 is 20.8 Å². The normalized spacial score (nSPS) is 29.6. The van der Waals surface area contributed by atoms with Crippen LogP contribution in [0.2, 0.25) is 0 Å². The molecule has 0 spiro atoms. The molecule has 0 amide bonds. The van der Waals surface area contributed by atoms with Crippen molar-refractivity contribution in [2.45, 2.75) is 50.3 Å². The highest BCUT2D eigenvalue weighted by Crippen LogP contribution is 2.33. The van der Waals surface area contributed by atoms with E-state index in [2.05, 4.69) is 11.6 Å². The third-order valence-corrected chi connectivity index (χ3v) is 5.98. The summed E-state index contributed by atoms with van der Waals surface area (Å²) in [6.07, 6.45) is 4.03. The average Bonchev–Trinajstić information content (AvgIpc) is 2.32. The van der Waals surface area contributed by atoms with E-state index in [-0.39, 0.29) is 24.9 Å². The topological polar surface area (TPSA) is 81.4 Å². The lowest BCUT2D eigenvalue weighted by Crippen LogP contribution is -2.60. The Balaban J connectivity index is 0.00000324. The second-order valence-corrected chi connectivity index (χ2v) is 7.52. The van der Waals surface area contributed by atoms with Gasteiger partial charge < -0.3 is 10.5 Å². The SMILES string of the molecule is COCC(C)S(=O)(=O)NC1(CN)CCCCC1C.Cl. The Morgan fingerprint density at radius 3 is 2.58 bits per heavy atom. The van der Waals surface area contributed by atoms with Crippen LogP contribution >= 0.6 is 12.4 Å². The van der Waals surface area contributed by atoms with E-state index in [0.29, 0.717) is 6.54 Å². The fraction of sp³-hybridized carbons (Fsp3) is 1.00. The summed E-state index contributed by atoms with van der Waals surface area (Å²) in [5.74, 6) is 0.278. The van der Waals surface area contributed by atoms with Gasteiger partial charge in [-0.15, -0.1) is 12.4 Å². The molecule has 5 nitrogen and oxygen atoms in total. The van der Waals surface area contributed by atoms with Gasteiger partial charge in [-0.2, -0.15) is 0 Å². The number of hydrogen-bond donors (Lipinski definition) is 2. The Bertz CT molecular complexity index is 364. The van der Waals surface area contributed by atoms with Crippen molar-refractivity contribution in [3.05, 3.63) is 0 Å². The minimum atomic E-state index is -3.38. The minimum absolute atomic E-state index is 0. The van der Waals surface area contributed by atoms with E-state index in [4.69, 9.17) is 10.5 Å². The molecule has 1 rings (SSSR count). The molecule has 0 radical (unpaired) electrons. The Morgan fingerprint density at radius 1 is 1.47 bits per heavy atom. The smallest absolute Gasteiger partial charge is 0.217 e. The van der Waals surface area contributed by atoms with E-state index >= 15 is 0 Å². The highest BCUT2D eigenvalue weighted by atomic mass is 35.5. The van der Waals surface area contributed by atoms with Crippen LogP contribution in [0.15, 0.2) is 0 Å². The van der Waals surface area contributed by atoms with Gasteiger partial charge in [-0.05, 0) is 25.7 Å². The molecule has 1 saturated carbocycles. The first kappa shape index (κ1) is 19.1. The molecule has 0 saturated heterocycles. The van der Waals surface area contributed by atoms with Gasteiger partial charge in [0.15, 0.2) is 0 Å². The van der Waals surface area contributed by atoms with Gasteiger partial charge >= 0.3 is 0 Å². The molecule has 0 aromatic rings. The first-order valence-corrected chi connectivity index (χ1v) is 8.14. The van der Waals surface area contributed by atoms with Gasteiger partial charge in [0.25, 0.3) is 0 Å². The van der Waals surface area contributed by atoms with Crippen LogP contribution in [0.5, 0.6) is 0 Å². The molecule has 3 atom stereocenters. The number of nitrogens with one attached hydrogen (secondary N) is 1. The molecule has 1 aliphatic carbocycles. The Hall–Kier alpha value is 0.120. The molecule has 0 aromatic carbocycles. The van der Waals surface area contributed by atoms with Crippen molar-refractivity contribution in [3.8, 4) is 0 Å². The number of sulfonamides is 1. The van der Waals surface area contributed by atoms with Gasteiger partial charge in [-0.3, -0.25) is 0 Å². The van der Waals surface area contributed by atoms with Crippen LogP contribution in [0.4, 0.5) is 0 Å². The zero-order valence-electron chi connectivity index (χ0n) is 12.0. The quantitative estimate of drug-likeness (QED) is 0.773. The highest BCUT2D eigenvalue weighted by Gasteiger charge is 2.41. The largest absolute Gasteiger partial charge is 0.383 e. The van der Waals surface area contributed by atoms with Gasteiger partial charge in [-0.1, -0.05) is 19.8 Å². The number of ether oxygens (including phenoxy) is 1. The lowest BCUT2D eigenvalue weighted by Gasteiger charge is -2.42. The molecule has 0 aromatic heterocycles. The summed E-state index contributed by atoms with van der Waals surface area (Å²) in [6.45, 7) is 4.29. The monoisotopic (exact) mass is 314 g/mol. The van der Waals surface area contributed by atoms with Crippen LogP contribution in [0, 0.1) is 5.92 Å². The standard InChI is InChI=1S/C12H26N2O3S.ClH/c1-10-6-4-5-7-12(10,9-13)14-18(15,16)11(2)8-17-3;/h10-11,14H,4-9,13H2,1-3H3;1H. The summed E-state index contributed by atoms with van der Waals surface area (Å²) in [6, 6.07) is 0. The first-order chi connectivity index (χ1) is 8.38. The van der Waals surface area contributed by atoms with Crippen molar-refractivity contribution in [1.29, 1.82) is 0 Å². The van der Waals surface area contributed by atoms with Crippen molar-refractivity contribution in [1.82, 2.24) is 4.72 Å². The third-order valence-electron chi connectivity index (χ3n) is 4.09. The summed E-state index contributed by atoms with van der Waals surface area (Å²) >= 11 is 0. The van der Waals surface area contributed by atoms with Gasteiger partial charge in [0.1, 0.15) is 0 Å². The summed E-state index contributed by atoms with van der Waals surface area (Å²) in [7, 11) is -1.87. The van der Waals surface area contributed by atoms with Crippen molar-refractivity contribution in [2.24, 2.45) is 11.7 Å². The summed E-state index contributed by atoms with van der Waals surface area (Å²) in [4.78, 5) is 0. The summed E-state index contributed by atoms with van der Waals surface area (Å²) in [5, 5.41) is -0.556. The fourth-order valence-electron chi connectivity index (χ4n) is 2.62. The summed E-state index contributed by atoms with van der Waals surface area (Å²) < 4.78 is 32.3. The van der Waals surface area contributed by atoms with Crippen LogP contribution < -0.4 is 10.5 Å². The predicted molar refractivity (Wildman–Crippen MR) is 80.1 cm³/mol. The maximum absolute atomic E-state index is 12.3. The molecular weight excluding hydrogens is 288 g/mol. The minimum Gasteiger partial charge on any atom is -0.383 e. The predicted octanol–water partition coefficient (Wildman–Crippen LogP) is 1.27. The number of methoxy groups -OCH3 is 1. The fourth-order valence-corrected chi connectivity index (χ4v) is 4.09. The van der Waals surface area contributed by atoms with E-state index in [0.717, 1.165) is 25.7 Å². The number of rotatable bonds is 6. The molecule has 1 aliphatic rings. The van der Waals surface area contributed by atoms with Gasteiger partial charge in [0, 0.05) is 19.2 Å². The Kier molecular flexibility index (Phi) is 7.83. The van der Waals surface area contributed by atoms with Crippen LogP contribution in [-0.2, 0) is 14.8 Å². The van der Waals surface area contributed by atoms with E-state index in [9.17, 15) is 8.42 Å². The number of hydrogen-bond acceptors (Lipinski definition) is 4. The van der Waals surface area contributed by atoms with Crippen LogP contribution in [0.25, 0.3) is 0 Å². The van der Waals surface area contributed by atoms with E-state index in [1.54, 1.807) is 6.92 Å². The molecule has 0 aliphatic heterocycles. The lowest BCUT2D eigenvalue weighted by molar-refractivity contribution is 0.184. The highest BCUT2D eigenvalue weighted by molar-refractivity contribution is 7.90. The maximum Gasteiger partial charge on any atom is 0.217 e. The van der Waals surface area contributed by atoms with Crippen molar-refractivity contribution < 1.29 is 13.2 Å². The second-order valence-electron chi connectivity index (χ2n) is 5.42. The molecule has 0 bridgehead atoms. The summed E-state index contributed by atoms with van der Waals surface area (Å²) in [5.41, 5.74) is 5.38. The van der Waals surface area contributed by atoms with E-state index in [1.165, 1.54) is 7.11 Å². The average molecular weight is 315 g/mol. The van der Waals surface area contributed by atoms with Crippen molar-refractivity contribution in [2.75, 3.05) is 20.3 Å². The Morgan fingerprint density at radius 2 is 2.11 bits per heavy atom. The van der Waals surface area contributed by atoms with Crippen LogP contribution in [0.3, 0.4) is 0 Å². The second kappa shape index (κ2) is 7.78. The zero-order chi connectivity index (χ0) is 13.8. The molecular formula is C12H27ClN2O3S. The maximum atomic E-state index is 12.3. The van der Waals surface area contributed by atoms with Crippen LogP contribution in [0.1, 0.15) is 39.5 Å². The van der Waals surface area contributed by atoms with Crippen molar-refractivity contribution >= 4 is 22.4 Å². The third kappa shape index (κ3) is 4.56. The molecule has 1 fully saturated rings. The Labute approximate surface area is 123 Å². The molecule has 3 unspecified atom stereocenters. The first-order valence-electron chi connectivity index (χ1n) is 6.60. The molecule has 0 heterocycles. The van der Waals surface area contributed by atoms with Gasteiger partial charge in [0.05, 0.1) is 11.9 Å². The molecule has 7 heteroatoms. The number of halogens is 1. The number of nitrogens with two attached hydrogens (primary N) is 1. The van der Waals surface area contributed by atoms with Crippen molar-refractivity contribution in [3.63, 3.8) is 0 Å².